The molecule has 3 atom stereocenters. The van der Waals surface area contributed by atoms with Gasteiger partial charge in [-0.3, -0.25) is 14.8 Å². The van der Waals surface area contributed by atoms with E-state index >= 15 is 0 Å². The van der Waals surface area contributed by atoms with Gasteiger partial charge in [-0.15, -0.1) is 0 Å². The summed E-state index contributed by atoms with van der Waals surface area (Å²) < 4.78 is 41.2. The molecule has 35 heavy (non-hydrogen) atoms. The highest BCUT2D eigenvalue weighted by atomic mass is 19.4. The molecule has 1 aliphatic rings. The van der Waals surface area contributed by atoms with E-state index in [1.54, 1.807) is 0 Å². The van der Waals surface area contributed by atoms with E-state index in [4.69, 9.17) is 5.10 Å². The molecule has 2 aromatic rings. The lowest BCUT2D eigenvalue weighted by molar-refractivity contribution is -0.137. The zero-order valence-electron chi connectivity index (χ0n) is 22.0. The van der Waals surface area contributed by atoms with Crippen LogP contribution in [0.1, 0.15) is 97.0 Å². The maximum absolute atomic E-state index is 13.3. The number of hydrogen-bond donors (Lipinski definition) is 2. The van der Waals surface area contributed by atoms with Gasteiger partial charge >= 0.3 is 6.18 Å². The van der Waals surface area contributed by atoms with Crippen LogP contribution >= 0.6 is 0 Å². The number of nitrogens with one attached hydrogen (secondary N) is 2. The van der Waals surface area contributed by atoms with Gasteiger partial charge in [0.1, 0.15) is 0 Å². The lowest BCUT2D eigenvalue weighted by Gasteiger charge is -2.34. The molecule has 1 aliphatic heterocycles. The summed E-state index contributed by atoms with van der Waals surface area (Å²) in [6.45, 7) is 16.6. The van der Waals surface area contributed by atoms with E-state index < -0.39 is 23.3 Å². The third-order valence-electron chi connectivity index (χ3n) is 6.30. The molecule has 2 N–H and O–H groups in total. The third-order valence-corrected chi connectivity index (χ3v) is 6.30. The highest BCUT2D eigenvalue weighted by molar-refractivity contribution is 5.83. The SMILES string of the molecule is CC(C)(C)CC(C)(C)NC(=O)[C@@H]1C[C@@H](c2ccn(C(C)(C)C)n2)[C@H](c2ccc(C(F)(F)F)cc2)N1. The normalized spacial score (nSPS) is 21.9. The first kappa shape index (κ1) is 27.2. The second kappa shape index (κ2) is 9.26. The number of hydrogen-bond acceptors (Lipinski definition) is 3. The molecular formula is C27H39F3N4O. The van der Waals surface area contributed by atoms with Gasteiger partial charge in [0.05, 0.1) is 22.8 Å². The van der Waals surface area contributed by atoms with Crippen LogP contribution in [0.15, 0.2) is 36.5 Å². The van der Waals surface area contributed by atoms with Gasteiger partial charge in [-0.1, -0.05) is 32.9 Å². The summed E-state index contributed by atoms with van der Waals surface area (Å²) in [6.07, 6.45) is -1.17. The van der Waals surface area contributed by atoms with Crippen LogP contribution in [0, 0.1) is 5.41 Å². The lowest BCUT2D eigenvalue weighted by Crippen LogP contribution is -2.51. The quantitative estimate of drug-likeness (QED) is 0.524. The average Bonchev–Trinajstić information content (AvgIpc) is 3.32. The molecule has 1 amide bonds. The number of carbonyl (C=O) groups excluding carboxylic acids is 1. The predicted octanol–water partition coefficient (Wildman–Crippen LogP) is 6.17. The topological polar surface area (TPSA) is 59.0 Å². The van der Waals surface area contributed by atoms with Crippen LogP contribution in [0.5, 0.6) is 0 Å². The largest absolute Gasteiger partial charge is 0.416 e. The molecule has 2 heterocycles. The molecule has 0 saturated carbocycles. The summed E-state index contributed by atoms with van der Waals surface area (Å²) in [6, 6.07) is 6.33. The number of benzene rings is 1. The molecule has 5 nitrogen and oxygen atoms in total. The van der Waals surface area contributed by atoms with Crippen molar-refractivity contribution < 1.29 is 18.0 Å². The molecule has 0 unspecified atom stereocenters. The van der Waals surface area contributed by atoms with Gasteiger partial charge in [0.2, 0.25) is 5.91 Å². The summed E-state index contributed by atoms with van der Waals surface area (Å²) in [4.78, 5) is 13.3. The fourth-order valence-electron chi connectivity index (χ4n) is 5.17. The van der Waals surface area contributed by atoms with Crippen LogP contribution in [0.4, 0.5) is 13.2 Å². The van der Waals surface area contributed by atoms with E-state index in [1.165, 1.54) is 12.1 Å². The lowest BCUT2D eigenvalue weighted by atomic mass is 9.81. The van der Waals surface area contributed by atoms with Crippen molar-refractivity contribution in [1.82, 2.24) is 20.4 Å². The molecule has 194 valence electrons. The minimum absolute atomic E-state index is 0.0466. The van der Waals surface area contributed by atoms with Gasteiger partial charge < -0.3 is 5.32 Å². The number of halogens is 3. The highest BCUT2D eigenvalue weighted by Crippen LogP contribution is 2.41. The molecule has 1 saturated heterocycles. The molecule has 0 radical (unpaired) electrons. The average molecular weight is 493 g/mol. The number of alkyl halides is 3. The molecular weight excluding hydrogens is 453 g/mol. The van der Waals surface area contributed by atoms with Crippen LogP contribution in [0.2, 0.25) is 0 Å². The van der Waals surface area contributed by atoms with Crippen molar-refractivity contribution in [3.05, 3.63) is 53.3 Å². The van der Waals surface area contributed by atoms with Crippen LogP contribution in [-0.4, -0.2) is 27.3 Å². The number of carbonyl (C=O) groups is 1. The fourth-order valence-corrected chi connectivity index (χ4v) is 5.17. The van der Waals surface area contributed by atoms with Gasteiger partial charge in [-0.2, -0.15) is 18.3 Å². The molecule has 0 spiro atoms. The minimum atomic E-state index is -4.40. The Kier molecular flexibility index (Phi) is 7.21. The van der Waals surface area contributed by atoms with E-state index in [-0.39, 0.29) is 28.8 Å². The Hall–Kier alpha value is -2.35. The molecule has 0 aliphatic carbocycles. The van der Waals surface area contributed by atoms with E-state index in [2.05, 4.69) is 52.2 Å². The molecule has 3 rings (SSSR count). The molecule has 0 bridgehead atoms. The first-order chi connectivity index (χ1) is 15.9. The van der Waals surface area contributed by atoms with E-state index in [0.29, 0.717) is 12.0 Å². The second-order valence-electron chi connectivity index (χ2n) is 12.6. The van der Waals surface area contributed by atoms with E-state index in [9.17, 15) is 18.0 Å². The van der Waals surface area contributed by atoms with Gasteiger partial charge in [-0.25, -0.2) is 0 Å². The van der Waals surface area contributed by atoms with Gasteiger partial charge in [0, 0.05) is 23.7 Å². The Morgan fingerprint density at radius 2 is 1.63 bits per heavy atom. The Balaban J connectivity index is 1.89. The van der Waals surface area contributed by atoms with Gasteiger partial charge in [0.25, 0.3) is 0 Å². The molecule has 8 heteroatoms. The number of amides is 1. The first-order valence-electron chi connectivity index (χ1n) is 12.2. The van der Waals surface area contributed by atoms with Crippen molar-refractivity contribution >= 4 is 5.91 Å². The van der Waals surface area contributed by atoms with Crippen LogP contribution in [-0.2, 0) is 16.5 Å². The highest BCUT2D eigenvalue weighted by Gasteiger charge is 2.42. The van der Waals surface area contributed by atoms with Gasteiger partial charge in [-0.05, 0) is 76.6 Å². The van der Waals surface area contributed by atoms with Crippen molar-refractivity contribution in [1.29, 1.82) is 0 Å². The summed E-state index contributed by atoms with van der Waals surface area (Å²) in [5.74, 6) is -0.259. The maximum Gasteiger partial charge on any atom is 0.416 e. The number of nitrogens with zero attached hydrogens (tertiary/aromatic N) is 2. The van der Waals surface area contributed by atoms with Crippen molar-refractivity contribution in [3.8, 4) is 0 Å². The Morgan fingerprint density at radius 1 is 1.03 bits per heavy atom. The van der Waals surface area contributed by atoms with E-state index in [0.717, 1.165) is 24.2 Å². The van der Waals surface area contributed by atoms with Crippen LogP contribution in [0.25, 0.3) is 0 Å². The van der Waals surface area contributed by atoms with Crippen LogP contribution in [0.3, 0.4) is 0 Å². The third kappa shape index (κ3) is 6.87. The molecule has 1 fully saturated rings. The smallest absolute Gasteiger partial charge is 0.350 e. The summed E-state index contributed by atoms with van der Waals surface area (Å²) >= 11 is 0. The maximum atomic E-state index is 13.3. The van der Waals surface area contributed by atoms with Crippen molar-refractivity contribution in [2.24, 2.45) is 5.41 Å². The fraction of sp³-hybridized carbons (Fsp3) is 0.630. The summed E-state index contributed by atoms with van der Waals surface area (Å²) in [5, 5.41) is 11.4. The Morgan fingerprint density at radius 3 is 2.11 bits per heavy atom. The van der Waals surface area contributed by atoms with Crippen molar-refractivity contribution in [2.45, 2.75) is 103 Å². The van der Waals surface area contributed by atoms with Gasteiger partial charge in [0.15, 0.2) is 0 Å². The predicted molar refractivity (Wildman–Crippen MR) is 132 cm³/mol. The summed E-state index contributed by atoms with van der Waals surface area (Å²) in [5.41, 5.74) is 0.282. The Bertz CT molecular complexity index is 1030. The minimum Gasteiger partial charge on any atom is -0.350 e. The van der Waals surface area contributed by atoms with Crippen LogP contribution < -0.4 is 10.6 Å². The standard InChI is InChI=1S/C27H39F3N4O/c1-24(2,3)16-26(7,8)32-23(35)21-15-19(20-13-14-34(33-20)25(4,5)6)22(31-21)17-9-11-18(12-10-17)27(28,29)30/h9-14,19,21-22,31H,15-16H2,1-8H3,(H,32,35)/t19-,21-,22-/m0/s1. The first-order valence-corrected chi connectivity index (χ1v) is 12.2. The number of rotatable bonds is 5. The zero-order chi connectivity index (χ0) is 26.4. The molecule has 1 aromatic heterocycles. The second-order valence-corrected chi connectivity index (χ2v) is 12.6. The van der Waals surface area contributed by atoms with Crippen molar-refractivity contribution in [3.63, 3.8) is 0 Å². The Labute approximate surface area is 206 Å². The zero-order valence-corrected chi connectivity index (χ0v) is 22.0. The molecule has 1 aromatic carbocycles. The van der Waals surface area contributed by atoms with E-state index in [1.807, 2.05) is 30.8 Å². The summed E-state index contributed by atoms with van der Waals surface area (Å²) in [7, 11) is 0. The monoisotopic (exact) mass is 492 g/mol. The van der Waals surface area contributed by atoms with Crippen molar-refractivity contribution in [2.75, 3.05) is 0 Å². The number of aromatic nitrogens is 2.